The monoisotopic (exact) mass is 453 g/mol. The van der Waals surface area contributed by atoms with Crippen molar-refractivity contribution in [1.29, 1.82) is 0 Å². The standard InChI is InChI=1S/C25H31N3O3S/c1-17(2)20-12-11-18(3)14-22(20)31-23(29)16-32-25-27-26-24(21-10-7-13-30-21)28(25)15-19-8-5-4-6-9-19/h4-10,13,17-18,20,22H,11-12,14-16H2,1-3H3. The van der Waals surface area contributed by atoms with E-state index < -0.39 is 0 Å². The summed E-state index contributed by atoms with van der Waals surface area (Å²) in [5.74, 6) is 2.87. The Hall–Kier alpha value is -2.54. The zero-order chi connectivity index (χ0) is 22.5. The fourth-order valence-corrected chi connectivity index (χ4v) is 5.19. The molecule has 0 amide bonds. The van der Waals surface area contributed by atoms with Gasteiger partial charge >= 0.3 is 5.97 Å². The molecule has 170 valence electrons. The van der Waals surface area contributed by atoms with E-state index in [4.69, 9.17) is 9.15 Å². The Morgan fingerprint density at radius 2 is 2.00 bits per heavy atom. The molecule has 1 aliphatic rings. The number of furan rings is 1. The average molecular weight is 454 g/mol. The highest BCUT2D eigenvalue weighted by Gasteiger charge is 2.33. The Bertz CT molecular complexity index is 1000. The topological polar surface area (TPSA) is 70.2 Å². The van der Waals surface area contributed by atoms with Crippen LogP contribution in [-0.2, 0) is 16.1 Å². The van der Waals surface area contributed by atoms with Crippen LogP contribution in [0.2, 0.25) is 0 Å². The van der Waals surface area contributed by atoms with Gasteiger partial charge in [-0.1, -0.05) is 69.3 Å². The van der Waals surface area contributed by atoms with Crippen LogP contribution in [0, 0.1) is 17.8 Å². The molecule has 1 aliphatic carbocycles. The number of carbonyl (C=O) groups excluding carboxylic acids is 1. The largest absolute Gasteiger partial charge is 0.461 e. The minimum atomic E-state index is -0.187. The molecule has 3 aromatic rings. The van der Waals surface area contributed by atoms with Crippen molar-refractivity contribution in [3.8, 4) is 11.6 Å². The van der Waals surface area contributed by atoms with Gasteiger partial charge in [-0.25, -0.2) is 0 Å². The van der Waals surface area contributed by atoms with Gasteiger partial charge in [-0.2, -0.15) is 0 Å². The van der Waals surface area contributed by atoms with Crippen molar-refractivity contribution in [2.75, 3.05) is 5.75 Å². The molecular formula is C25H31N3O3S. The second kappa shape index (κ2) is 10.4. The van der Waals surface area contributed by atoms with E-state index in [-0.39, 0.29) is 17.8 Å². The fraction of sp³-hybridized carbons (Fsp3) is 0.480. The first-order valence-corrected chi connectivity index (χ1v) is 12.3. The predicted octanol–water partition coefficient (Wildman–Crippen LogP) is 5.68. The van der Waals surface area contributed by atoms with E-state index in [0.29, 0.717) is 41.0 Å². The predicted molar refractivity (Wildman–Crippen MR) is 125 cm³/mol. The Morgan fingerprint density at radius 3 is 2.72 bits per heavy atom. The molecule has 32 heavy (non-hydrogen) atoms. The summed E-state index contributed by atoms with van der Waals surface area (Å²) >= 11 is 1.36. The molecular weight excluding hydrogens is 422 g/mol. The van der Waals surface area contributed by atoms with Gasteiger partial charge in [0.2, 0.25) is 5.82 Å². The van der Waals surface area contributed by atoms with Crippen molar-refractivity contribution in [3.05, 3.63) is 54.3 Å². The Morgan fingerprint density at radius 1 is 1.19 bits per heavy atom. The fourth-order valence-electron chi connectivity index (χ4n) is 4.47. The minimum absolute atomic E-state index is 0.00715. The summed E-state index contributed by atoms with van der Waals surface area (Å²) in [6.07, 6.45) is 4.92. The van der Waals surface area contributed by atoms with Crippen molar-refractivity contribution in [1.82, 2.24) is 14.8 Å². The second-order valence-corrected chi connectivity index (χ2v) is 9.94. The summed E-state index contributed by atoms with van der Waals surface area (Å²) < 4.78 is 13.5. The average Bonchev–Trinajstić information content (AvgIpc) is 3.43. The number of nitrogens with zero attached hydrogens (tertiary/aromatic N) is 3. The van der Waals surface area contributed by atoms with Crippen LogP contribution in [0.15, 0.2) is 58.3 Å². The molecule has 0 bridgehead atoms. The number of benzene rings is 1. The Balaban J connectivity index is 1.46. The first-order valence-electron chi connectivity index (χ1n) is 11.3. The van der Waals surface area contributed by atoms with Crippen molar-refractivity contribution >= 4 is 17.7 Å². The lowest BCUT2D eigenvalue weighted by Gasteiger charge is -2.36. The minimum Gasteiger partial charge on any atom is -0.461 e. The highest BCUT2D eigenvalue weighted by Crippen LogP contribution is 2.35. The maximum Gasteiger partial charge on any atom is 0.316 e. The van der Waals surface area contributed by atoms with Gasteiger partial charge in [0.15, 0.2) is 10.9 Å². The second-order valence-electron chi connectivity index (χ2n) is 9.00. The summed E-state index contributed by atoms with van der Waals surface area (Å²) in [5, 5.41) is 9.37. The van der Waals surface area contributed by atoms with Gasteiger partial charge in [0.05, 0.1) is 18.6 Å². The van der Waals surface area contributed by atoms with Crippen LogP contribution in [0.5, 0.6) is 0 Å². The van der Waals surface area contributed by atoms with E-state index >= 15 is 0 Å². The Labute approximate surface area is 193 Å². The molecule has 6 nitrogen and oxygen atoms in total. The molecule has 0 radical (unpaired) electrons. The summed E-state index contributed by atoms with van der Waals surface area (Å²) in [6, 6.07) is 13.8. The number of hydrogen-bond donors (Lipinski definition) is 0. The van der Waals surface area contributed by atoms with E-state index in [0.717, 1.165) is 18.4 Å². The third-order valence-corrected chi connectivity index (χ3v) is 7.15. The molecule has 1 aromatic carbocycles. The normalized spacial score (nSPS) is 21.1. The molecule has 0 spiro atoms. The van der Waals surface area contributed by atoms with Crippen LogP contribution in [0.1, 0.15) is 45.6 Å². The van der Waals surface area contributed by atoms with Crippen molar-refractivity contribution < 1.29 is 13.9 Å². The van der Waals surface area contributed by atoms with Crippen LogP contribution in [0.25, 0.3) is 11.6 Å². The first-order chi connectivity index (χ1) is 15.5. The lowest BCUT2D eigenvalue weighted by Crippen LogP contribution is -2.36. The number of rotatable bonds is 8. The van der Waals surface area contributed by atoms with Gasteiger partial charge in [0, 0.05) is 0 Å². The number of aromatic nitrogens is 3. The van der Waals surface area contributed by atoms with E-state index in [1.54, 1.807) is 6.26 Å². The van der Waals surface area contributed by atoms with Gasteiger partial charge in [0.25, 0.3) is 0 Å². The number of hydrogen-bond acceptors (Lipinski definition) is 6. The summed E-state index contributed by atoms with van der Waals surface area (Å²) in [4.78, 5) is 12.7. The van der Waals surface area contributed by atoms with Crippen LogP contribution in [0.3, 0.4) is 0 Å². The highest BCUT2D eigenvalue weighted by molar-refractivity contribution is 7.99. The lowest BCUT2D eigenvalue weighted by molar-refractivity contribution is -0.152. The van der Waals surface area contributed by atoms with Gasteiger partial charge in [-0.05, 0) is 48.3 Å². The number of carbonyl (C=O) groups is 1. The van der Waals surface area contributed by atoms with E-state index in [1.165, 1.54) is 18.2 Å². The van der Waals surface area contributed by atoms with E-state index in [1.807, 2.05) is 34.9 Å². The maximum absolute atomic E-state index is 12.7. The summed E-state index contributed by atoms with van der Waals surface area (Å²) in [5.41, 5.74) is 1.13. The van der Waals surface area contributed by atoms with Gasteiger partial charge < -0.3 is 9.15 Å². The maximum atomic E-state index is 12.7. The lowest BCUT2D eigenvalue weighted by atomic mass is 9.75. The van der Waals surface area contributed by atoms with Gasteiger partial charge in [0.1, 0.15) is 6.10 Å². The van der Waals surface area contributed by atoms with Crippen LogP contribution >= 0.6 is 11.8 Å². The Kier molecular flexibility index (Phi) is 7.35. The van der Waals surface area contributed by atoms with Crippen molar-refractivity contribution in [2.45, 2.75) is 57.8 Å². The molecule has 0 N–H and O–H groups in total. The molecule has 3 unspecified atom stereocenters. The molecule has 3 atom stereocenters. The van der Waals surface area contributed by atoms with Crippen LogP contribution < -0.4 is 0 Å². The third kappa shape index (κ3) is 5.44. The number of esters is 1. The smallest absolute Gasteiger partial charge is 0.316 e. The molecule has 1 fully saturated rings. The molecule has 2 aromatic heterocycles. The molecule has 1 saturated carbocycles. The van der Waals surface area contributed by atoms with E-state index in [2.05, 4.69) is 43.1 Å². The van der Waals surface area contributed by atoms with Gasteiger partial charge in [-0.15, -0.1) is 10.2 Å². The zero-order valence-electron chi connectivity index (χ0n) is 18.9. The molecule has 2 heterocycles. The quantitative estimate of drug-likeness (QED) is 0.323. The summed E-state index contributed by atoms with van der Waals surface area (Å²) in [6.45, 7) is 7.28. The van der Waals surface area contributed by atoms with Crippen LogP contribution in [-0.4, -0.2) is 32.6 Å². The van der Waals surface area contributed by atoms with E-state index in [9.17, 15) is 4.79 Å². The van der Waals surface area contributed by atoms with Gasteiger partial charge in [-0.3, -0.25) is 9.36 Å². The first kappa shape index (κ1) is 22.6. The molecule has 7 heteroatoms. The summed E-state index contributed by atoms with van der Waals surface area (Å²) in [7, 11) is 0. The molecule has 0 aliphatic heterocycles. The SMILES string of the molecule is CC1CCC(C(C)C)C(OC(=O)CSc2nnc(-c3ccco3)n2Cc2ccccc2)C1. The highest BCUT2D eigenvalue weighted by atomic mass is 32.2. The molecule has 4 rings (SSSR count). The van der Waals surface area contributed by atoms with Crippen molar-refractivity contribution in [2.24, 2.45) is 17.8 Å². The van der Waals surface area contributed by atoms with Crippen LogP contribution in [0.4, 0.5) is 0 Å². The third-order valence-electron chi connectivity index (χ3n) is 6.21. The molecule has 0 saturated heterocycles. The van der Waals surface area contributed by atoms with Crippen molar-refractivity contribution in [3.63, 3.8) is 0 Å². The zero-order valence-corrected chi connectivity index (χ0v) is 19.8. The number of ether oxygens (including phenoxy) is 1. The number of thioether (sulfide) groups is 1.